The zero-order chi connectivity index (χ0) is 9.56. The van der Waals surface area contributed by atoms with Gasteiger partial charge in [0.15, 0.2) is 0 Å². The molecule has 1 rings (SSSR count). The van der Waals surface area contributed by atoms with Gasteiger partial charge in [0.25, 0.3) is 0 Å². The first-order valence-corrected chi connectivity index (χ1v) is 5.23. The predicted octanol–water partition coefficient (Wildman–Crippen LogP) is 3.61. The molecule has 0 aromatic rings. The number of rotatable bonds is 1. The van der Waals surface area contributed by atoms with Crippen LogP contribution in [0.25, 0.3) is 0 Å². The Kier molecular flexibility index (Phi) is 5.66. The van der Waals surface area contributed by atoms with E-state index in [0.717, 1.165) is 0 Å². The summed E-state index contributed by atoms with van der Waals surface area (Å²) in [4.78, 5) is 1.45. The third-order valence-electron chi connectivity index (χ3n) is 1.94. The van der Waals surface area contributed by atoms with Crippen LogP contribution in [0.3, 0.4) is 0 Å². The Labute approximate surface area is 80.1 Å². The van der Waals surface area contributed by atoms with Crippen LogP contribution in [0, 0.1) is 12.8 Å². The van der Waals surface area contributed by atoms with E-state index in [2.05, 4.69) is 32.6 Å². The molecule has 0 amide bonds. The van der Waals surface area contributed by atoms with E-state index in [-0.39, 0.29) is 0 Å². The normalized spacial score (nSPS) is 16.8. The fourth-order valence-corrected chi connectivity index (χ4v) is 2.26. The van der Waals surface area contributed by atoms with Gasteiger partial charge >= 0.3 is 0 Å². The van der Waals surface area contributed by atoms with E-state index in [9.17, 15) is 0 Å². The van der Waals surface area contributed by atoms with E-state index in [1.807, 2.05) is 11.8 Å². The zero-order valence-electron chi connectivity index (χ0n) is 7.89. The maximum atomic E-state index is 4.04. The van der Waals surface area contributed by atoms with E-state index in [4.69, 9.17) is 0 Å². The average Bonchev–Trinajstić information content (AvgIpc) is 2.08. The lowest BCUT2D eigenvalue weighted by atomic mass is 9.97. The van der Waals surface area contributed by atoms with Crippen molar-refractivity contribution in [2.45, 2.75) is 26.2 Å². The summed E-state index contributed by atoms with van der Waals surface area (Å²) in [6.07, 6.45) is 13.9. The summed E-state index contributed by atoms with van der Waals surface area (Å²) in [6.45, 7) is 6.26. The van der Waals surface area contributed by atoms with Crippen LogP contribution in [-0.4, -0.2) is 6.26 Å². The van der Waals surface area contributed by atoms with Gasteiger partial charge in [0.2, 0.25) is 0 Å². The molecule has 0 saturated carbocycles. The minimum atomic E-state index is 1.20. The Morgan fingerprint density at radius 3 is 2.25 bits per heavy atom. The molecule has 12 heavy (non-hydrogen) atoms. The molecule has 0 aliphatic heterocycles. The highest BCUT2D eigenvalue weighted by atomic mass is 32.2. The van der Waals surface area contributed by atoms with Crippen LogP contribution in [0.2, 0.25) is 0 Å². The second-order valence-corrected chi connectivity index (χ2v) is 3.59. The molecule has 0 atom stereocenters. The van der Waals surface area contributed by atoms with Crippen molar-refractivity contribution in [3.63, 3.8) is 0 Å². The van der Waals surface area contributed by atoms with Crippen LogP contribution in [0.1, 0.15) is 26.2 Å². The van der Waals surface area contributed by atoms with Crippen molar-refractivity contribution in [2.24, 2.45) is 0 Å². The van der Waals surface area contributed by atoms with E-state index < -0.39 is 0 Å². The molecule has 0 N–H and O–H groups in total. The minimum absolute atomic E-state index is 1.20. The summed E-state index contributed by atoms with van der Waals surface area (Å²) >= 11 is 1.84. The van der Waals surface area contributed by atoms with Gasteiger partial charge in [0.1, 0.15) is 0 Å². The van der Waals surface area contributed by atoms with Crippen molar-refractivity contribution in [1.29, 1.82) is 0 Å². The van der Waals surface area contributed by atoms with Crippen molar-refractivity contribution in [2.75, 3.05) is 6.26 Å². The van der Waals surface area contributed by atoms with Crippen LogP contribution in [0.5, 0.6) is 0 Å². The second kappa shape index (κ2) is 5.97. The number of allylic oxidation sites excluding steroid dienone is 2. The quantitative estimate of drug-likeness (QED) is 0.555. The van der Waals surface area contributed by atoms with Crippen LogP contribution in [0.4, 0.5) is 0 Å². The maximum Gasteiger partial charge on any atom is 0.00845 e. The number of thioether (sulfide) groups is 1. The molecule has 0 fully saturated rings. The summed E-state index contributed by atoms with van der Waals surface area (Å²) in [5, 5.41) is 0. The lowest BCUT2D eigenvalue weighted by molar-refractivity contribution is 0.781. The third kappa shape index (κ3) is 2.79. The SMILES string of the molecule is C#C.C=C1CCCC(C)=C1SC. The van der Waals surface area contributed by atoms with E-state index in [1.165, 1.54) is 35.3 Å². The first kappa shape index (κ1) is 11.4. The van der Waals surface area contributed by atoms with Gasteiger partial charge in [-0.25, -0.2) is 0 Å². The molecule has 0 aromatic carbocycles. The topological polar surface area (TPSA) is 0 Å². The third-order valence-corrected chi connectivity index (χ3v) is 2.99. The Balaban J connectivity index is 0.000000561. The molecule has 0 nitrogen and oxygen atoms in total. The molecular weight excluding hydrogens is 164 g/mol. The van der Waals surface area contributed by atoms with Crippen molar-refractivity contribution in [3.8, 4) is 12.8 Å². The summed E-state index contributed by atoms with van der Waals surface area (Å²) in [7, 11) is 0. The Bertz CT molecular complexity index is 208. The molecule has 1 aliphatic carbocycles. The van der Waals surface area contributed by atoms with Gasteiger partial charge in [-0.3, -0.25) is 0 Å². The molecule has 0 spiro atoms. The summed E-state index contributed by atoms with van der Waals surface area (Å²) in [5.74, 6) is 0. The zero-order valence-corrected chi connectivity index (χ0v) is 8.71. The molecule has 0 saturated heterocycles. The molecular formula is C11H16S. The highest BCUT2D eigenvalue weighted by molar-refractivity contribution is 8.02. The van der Waals surface area contributed by atoms with Gasteiger partial charge in [-0.05, 0) is 38.0 Å². The van der Waals surface area contributed by atoms with Crippen LogP contribution < -0.4 is 0 Å². The van der Waals surface area contributed by atoms with Gasteiger partial charge in [-0.1, -0.05) is 12.2 Å². The summed E-state index contributed by atoms with van der Waals surface area (Å²) in [5.41, 5.74) is 2.88. The lowest BCUT2D eigenvalue weighted by Crippen LogP contribution is -1.96. The molecule has 0 radical (unpaired) electrons. The Hall–Kier alpha value is -0.610. The number of terminal acetylenes is 1. The van der Waals surface area contributed by atoms with Gasteiger partial charge < -0.3 is 0 Å². The van der Waals surface area contributed by atoms with Crippen LogP contribution in [-0.2, 0) is 0 Å². The molecule has 1 aliphatic rings. The molecule has 0 aromatic heterocycles. The monoisotopic (exact) mass is 180 g/mol. The standard InChI is InChI=1S/C9H14S.C2H2/c1-7-5-4-6-8(2)9(7)10-3;1-2/h1,4-6H2,2-3H3;1-2H. The largest absolute Gasteiger partial charge is 0.129 e. The van der Waals surface area contributed by atoms with Crippen molar-refractivity contribution >= 4 is 11.8 Å². The van der Waals surface area contributed by atoms with E-state index in [0.29, 0.717) is 0 Å². The maximum absolute atomic E-state index is 4.04. The van der Waals surface area contributed by atoms with Crippen molar-refractivity contribution in [1.82, 2.24) is 0 Å². The first-order valence-electron chi connectivity index (χ1n) is 4.01. The molecule has 0 unspecified atom stereocenters. The number of hydrogen-bond acceptors (Lipinski definition) is 1. The van der Waals surface area contributed by atoms with Gasteiger partial charge in [0.05, 0.1) is 0 Å². The van der Waals surface area contributed by atoms with Crippen molar-refractivity contribution in [3.05, 3.63) is 22.6 Å². The fourth-order valence-electron chi connectivity index (χ4n) is 1.41. The molecule has 0 heterocycles. The van der Waals surface area contributed by atoms with Gasteiger partial charge in [-0.2, -0.15) is 0 Å². The Morgan fingerprint density at radius 2 is 1.92 bits per heavy atom. The van der Waals surface area contributed by atoms with Crippen molar-refractivity contribution < 1.29 is 0 Å². The Morgan fingerprint density at radius 1 is 1.33 bits per heavy atom. The summed E-state index contributed by atoms with van der Waals surface area (Å²) in [6, 6.07) is 0. The predicted molar refractivity (Wildman–Crippen MR) is 59.1 cm³/mol. The first-order chi connectivity index (χ1) is 5.75. The van der Waals surface area contributed by atoms with E-state index >= 15 is 0 Å². The van der Waals surface area contributed by atoms with Gasteiger partial charge in [0, 0.05) is 4.91 Å². The lowest BCUT2D eigenvalue weighted by Gasteiger charge is -2.17. The van der Waals surface area contributed by atoms with E-state index in [1.54, 1.807) is 0 Å². The highest BCUT2D eigenvalue weighted by Crippen LogP contribution is 2.34. The highest BCUT2D eigenvalue weighted by Gasteiger charge is 2.10. The van der Waals surface area contributed by atoms with Crippen LogP contribution >= 0.6 is 11.8 Å². The average molecular weight is 180 g/mol. The van der Waals surface area contributed by atoms with Crippen LogP contribution in [0.15, 0.2) is 22.6 Å². The fraction of sp³-hybridized carbons (Fsp3) is 0.455. The molecule has 66 valence electrons. The number of hydrogen-bond donors (Lipinski definition) is 0. The minimum Gasteiger partial charge on any atom is -0.129 e. The summed E-state index contributed by atoms with van der Waals surface area (Å²) < 4.78 is 0. The van der Waals surface area contributed by atoms with Gasteiger partial charge in [-0.15, -0.1) is 24.6 Å². The second-order valence-electron chi connectivity index (χ2n) is 2.77. The molecule has 0 bridgehead atoms. The molecule has 1 heteroatoms. The smallest absolute Gasteiger partial charge is 0.00845 e.